The van der Waals surface area contributed by atoms with Gasteiger partial charge in [0.05, 0.1) is 25.2 Å². The van der Waals surface area contributed by atoms with E-state index in [4.69, 9.17) is 4.74 Å². The van der Waals surface area contributed by atoms with Crippen molar-refractivity contribution in [2.24, 2.45) is 0 Å². The molecule has 3 N–H and O–H groups in total. The summed E-state index contributed by atoms with van der Waals surface area (Å²) in [5, 5.41) is 23.8. The van der Waals surface area contributed by atoms with Crippen LogP contribution in [0.25, 0.3) is 0 Å². The molecule has 0 aromatic carbocycles. The van der Waals surface area contributed by atoms with E-state index in [9.17, 15) is 19.8 Å². The van der Waals surface area contributed by atoms with Crippen molar-refractivity contribution in [2.45, 2.75) is 289 Å². The molecule has 0 aromatic rings. The molecule has 0 fully saturated rings. The van der Waals surface area contributed by atoms with Gasteiger partial charge in [-0.2, -0.15) is 0 Å². The largest absolute Gasteiger partial charge is 0.462 e. The standard InChI is InChI=1S/C60H107NO5/c1-4-7-10-13-16-19-22-25-28-30-31-33-36-39-42-45-48-51-56(66-60(65)53-50-47-44-41-38-35-32-29-26-23-20-17-14-11-8-5-2)54-59(64)61-57(55-62)58(63)52-49-46-43-40-37-34-27-24-21-18-15-12-9-6-3/h8,11,17,20,25-26,28-29,35,38,44,47,56-58,62-63H,4-7,9-10,12-16,18-19,21-24,27,30-34,36-37,39-43,45-46,48-55H2,1-3H3,(H,61,64)/b11-8+,20-17+,28-25+,29-26+,38-35+,47-44+. The number of hydrogen-bond acceptors (Lipinski definition) is 5. The topological polar surface area (TPSA) is 95.9 Å². The van der Waals surface area contributed by atoms with Gasteiger partial charge in [-0.3, -0.25) is 9.59 Å². The third-order valence-electron chi connectivity index (χ3n) is 12.5. The van der Waals surface area contributed by atoms with Crippen molar-refractivity contribution >= 4 is 11.9 Å². The quantitative estimate of drug-likeness (QED) is 0.0321. The number of hydrogen-bond donors (Lipinski definition) is 3. The molecule has 3 atom stereocenters. The van der Waals surface area contributed by atoms with E-state index < -0.39 is 18.2 Å². The molecule has 0 spiro atoms. The molecule has 0 aliphatic rings. The number of unbranched alkanes of at least 4 members (excludes halogenated alkanes) is 26. The Morgan fingerprint density at radius 2 is 0.818 bits per heavy atom. The summed E-state index contributed by atoms with van der Waals surface area (Å²) in [7, 11) is 0. The zero-order valence-corrected chi connectivity index (χ0v) is 43.6. The second-order valence-corrected chi connectivity index (χ2v) is 19.0. The van der Waals surface area contributed by atoms with E-state index >= 15 is 0 Å². The van der Waals surface area contributed by atoms with Crippen LogP contribution in [-0.4, -0.2) is 46.9 Å². The fourth-order valence-electron chi connectivity index (χ4n) is 8.30. The Labute approximate surface area is 409 Å². The average Bonchev–Trinajstić information content (AvgIpc) is 3.31. The molecule has 1 amide bonds. The van der Waals surface area contributed by atoms with E-state index in [2.05, 4.69) is 92.9 Å². The molecule has 382 valence electrons. The molecular weight excluding hydrogens is 815 g/mol. The van der Waals surface area contributed by atoms with Crippen molar-refractivity contribution in [3.8, 4) is 0 Å². The van der Waals surface area contributed by atoms with Crippen molar-refractivity contribution in [3.05, 3.63) is 72.9 Å². The van der Waals surface area contributed by atoms with Crippen LogP contribution in [0.3, 0.4) is 0 Å². The Bertz CT molecular complexity index is 1220. The summed E-state index contributed by atoms with van der Waals surface area (Å²) in [6.45, 7) is 6.37. The van der Waals surface area contributed by atoms with Crippen LogP contribution in [0.15, 0.2) is 72.9 Å². The molecule has 0 heterocycles. The molecule has 0 aromatic heterocycles. The SMILES string of the molecule is CC/C=C/C/C=C/C/C=C/C/C=C/C/C=C/CCC(=O)OC(CCCCCCCCC/C=C/CCCCCCCC)CC(=O)NC(CO)C(O)CCCCCCCCCCCCCCCC. The lowest BCUT2D eigenvalue weighted by molar-refractivity contribution is -0.150. The van der Waals surface area contributed by atoms with E-state index in [-0.39, 0.29) is 31.3 Å². The fraction of sp³-hybridized carbons (Fsp3) is 0.767. The van der Waals surface area contributed by atoms with Gasteiger partial charge in [-0.15, -0.1) is 0 Å². The van der Waals surface area contributed by atoms with E-state index in [1.165, 1.54) is 148 Å². The summed E-state index contributed by atoms with van der Waals surface area (Å²) in [6, 6.07) is -0.720. The van der Waals surface area contributed by atoms with E-state index in [1.54, 1.807) is 0 Å². The minimum absolute atomic E-state index is 0.0435. The third kappa shape index (κ3) is 47.8. The van der Waals surface area contributed by atoms with Crippen LogP contribution in [0, 0.1) is 0 Å². The highest BCUT2D eigenvalue weighted by molar-refractivity contribution is 5.77. The Morgan fingerprint density at radius 1 is 0.455 bits per heavy atom. The fourth-order valence-corrected chi connectivity index (χ4v) is 8.30. The van der Waals surface area contributed by atoms with Gasteiger partial charge in [0.15, 0.2) is 0 Å². The lowest BCUT2D eigenvalue weighted by atomic mass is 10.0. The summed E-state index contributed by atoms with van der Waals surface area (Å²) in [5.74, 6) is -0.572. The second-order valence-electron chi connectivity index (χ2n) is 19.0. The number of aliphatic hydroxyl groups excluding tert-OH is 2. The number of nitrogens with one attached hydrogen (secondary N) is 1. The first kappa shape index (κ1) is 63.3. The Balaban J connectivity index is 4.68. The molecule has 6 nitrogen and oxygen atoms in total. The molecule has 0 aliphatic carbocycles. The van der Waals surface area contributed by atoms with Gasteiger partial charge < -0.3 is 20.3 Å². The van der Waals surface area contributed by atoms with Crippen molar-refractivity contribution in [3.63, 3.8) is 0 Å². The number of allylic oxidation sites excluding steroid dienone is 12. The summed E-state index contributed by atoms with van der Waals surface area (Å²) in [5.41, 5.74) is 0. The van der Waals surface area contributed by atoms with Gasteiger partial charge >= 0.3 is 5.97 Å². The van der Waals surface area contributed by atoms with Gasteiger partial charge in [-0.25, -0.2) is 0 Å². The molecule has 0 rings (SSSR count). The number of amides is 1. The van der Waals surface area contributed by atoms with E-state index in [0.29, 0.717) is 19.3 Å². The zero-order valence-electron chi connectivity index (χ0n) is 43.6. The van der Waals surface area contributed by atoms with Crippen LogP contribution in [0.2, 0.25) is 0 Å². The van der Waals surface area contributed by atoms with E-state index in [0.717, 1.165) is 70.6 Å². The predicted molar refractivity (Wildman–Crippen MR) is 287 cm³/mol. The first-order chi connectivity index (χ1) is 32.5. The normalized spacial score (nSPS) is 13.7. The zero-order chi connectivity index (χ0) is 48.1. The summed E-state index contributed by atoms with van der Waals surface area (Å²) >= 11 is 0. The number of aliphatic hydroxyl groups is 2. The summed E-state index contributed by atoms with van der Waals surface area (Å²) < 4.78 is 5.91. The van der Waals surface area contributed by atoms with Gasteiger partial charge in [-0.05, 0) is 83.5 Å². The Kier molecular flexibility index (Phi) is 51.1. The lowest BCUT2D eigenvalue weighted by Crippen LogP contribution is -2.46. The summed E-state index contributed by atoms with van der Waals surface area (Å²) in [4.78, 5) is 26.2. The molecule has 0 bridgehead atoms. The third-order valence-corrected chi connectivity index (χ3v) is 12.5. The van der Waals surface area contributed by atoms with Gasteiger partial charge in [0.25, 0.3) is 0 Å². The van der Waals surface area contributed by atoms with Crippen molar-refractivity contribution in [1.29, 1.82) is 0 Å². The maximum atomic E-state index is 13.3. The highest BCUT2D eigenvalue weighted by Crippen LogP contribution is 2.18. The van der Waals surface area contributed by atoms with Crippen LogP contribution in [-0.2, 0) is 14.3 Å². The maximum Gasteiger partial charge on any atom is 0.306 e. The van der Waals surface area contributed by atoms with Crippen LogP contribution in [0.5, 0.6) is 0 Å². The molecule has 0 radical (unpaired) electrons. The van der Waals surface area contributed by atoms with Gasteiger partial charge in [-0.1, -0.05) is 248 Å². The van der Waals surface area contributed by atoms with Crippen LogP contribution in [0.4, 0.5) is 0 Å². The van der Waals surface area contributed by atoms with Crippen LogP contribution in [0.1, 0.15) is 271 Å². The van der Waals surface area contributed by atoms with Crippen LogP contribution < -0.4 is 5.32 Å². The molecule has 3 unspecified atom stereocenters. The monoisotopic (exact) mass is 922 g/mol. The minimum Gasteiger partial charge on any atom is -0.462 e. The Morgan fingerprint density at radius 3 is 1.24 bits per heavy atom. The van der Waals surface area contributed by atoms with Crippen molar-refractivity contribution in [2.75, 3.05) is 6.61 Å². The highest BCUT2D eigenvalue weighted by Gasteiger charge is 2.24. The number of esters is 1. The molecule has 0 aliphatic heterocycles. The molecule has 6 heteroatoms. The summed E-state index contributed by atoms with van der Waals surface area (Å²) in [6.07, 6.45) is 68.3. The Hall–Kier alpha value is -2.70. The van der Waals surface area contributed by atoms with Gasteiger partial charge in [0.2, 0.25) is 5.91 Å². The molecular formula is C60H107NO5. The van der Waals surface area contributed by atoms with Gasteiger partial charge in [0, 0.05) is 6.42 Å². The smallest absolute Gasteiger partial charge is 0.306 e. The number of rotatable bonds is 50. The number of carbonyl (C=O) groups excluding carboxylic acids is 2. The lowest BCUT2D eigenvalue weighted by Gasteiger charge is -2.24. The second kappa shape index (κ2) is 53.3. The molecule has 0 saturated heterocycles. The first-order valence-electron chi connectivity index (χ1n) is 28.2. The highest BCUT2D eigenvalue weighted by atomic mass is 16.5. The molecule has 66 heavy (non-hydrogen) atoms. The van der Waals surface area contributed by atoms with E-state index in [1.807, 2.05) is 6.08 Å². The number of ether oxygens (including phenoxy) is 1. The van der Waals surface area contributed by atoms with Crippen molar-refractivity contribution in [1.82, 2.24) is 5.32 Å². The van der Waals surface area contributed by atoms with Crippen LogP contribution >= 0.6 is 0 Å². The van der Waals surface area contributed by atoms with Crippen molar-refractivity contribution < 1.29 is 24.5 Å². The molecule has 0 saturated carbocycles. The van der Waals surface area contributed by atoms with Gasteiger partial charge in [0.1, 0.15) is 6.10 Å². The minimum atomic E-state index is -0.804. The average molecular weight is 923 g/mol. The first-order valence-corrected chi connectivity index (χ1v) is 28.2. The maximum absolute atomic E-state index is 13.3. The predicted octanol–water partition coefficient (Wildman–Crippen LogP) is 17.3. The number of carbonyl (C=O) groups is 2.